The van der Waals surface area contributed by atoms with Crippen molar-refractivity contribution in [1.82, 2.24) is 4.98 Å². The molecule has 6 heteroatoms. The quantitative estimate of drug-likeness (QED) is 0.746. The third kappa shape index (κ3) is 3.10. The fourth-order valence-corrected chi connectivity index (χ4v) is 4.29. The lowest BCUT2D eigenvalue weighted by Crippen LogP contribution is -2.62. The average Bonchev–Trinajstić information content (AvgIpc) is 2.49. The summed E-state index contributed by atoms with van der Waals surface area (Å²) in [4.78, 5) is 5.97. The van der Waals surface area contributed by atoms with Crippen LogP contribution in [-0.2, 0) is 12.6 Å². The summed E-state index contributed by atoms with van der Waals surface area (Å²) >= 11 is 0. The van der Waals surface area contributed by atoms with Crippen LogP contribution in [-0.4, -0.2) is 18.1 Å². The number of alkyl halides is 3. The first-order valence-corrected chi connectivity index (χ1v) is 8.35. The Balaban J connectivity index is 1.34. The van der Waals surface area contributed by atoms with Crippen molar-refractivity contribution in [2.75, 3.05) is 18.0 Å². The van der Waals surface area contributed by atoms with Crippen LogP contribution in [0.3, 0.4) is 0 Å². The molecule has 1 spiro atoms. The van der Waals surface area contributed by atoms with E-state index in [9.17, 15) is 17.6 Å². The smallest absolute Gasteiger partial charge is 0.368 e. The minimum absolute atomic E-state index is 0.210. The predicted molar refractivity (Wildman–Crippen MR) is 86.7 cm³/mol. The molecule has 1 aliphatic carbocycles. The number of hydrogen-bond acceptors (Lipinski definition) is 2. The molecule has 132 valence electrons. The monoisotopic (exact) mass is 350 g/mol. The van der Waals surface area contributed by atoms with Crippen molar-refractivity contribution in [3.05, 3.63) is 59.7 Å². The van der Waals surface area contributed by atoms with Gasteiger partial charge in [0.2, 0.25) is 0 Å². The molecule has 1 aliphatic heterocycles. The van der Waals surface area contributed by atoms with E-state index in [1.165, 1.54) is 11.6 Å². The summed E-state index contributed by atoms with van der Waals surface area (Å²) < 4.78 is 51.9. The lowest BCUT2D eigenvalue weighted by Gasteiger charge is -2.60. The molecule has 0 bridgehead atoms. The maximum Gasteiger partial charge on any atom is 0.416 e. The number of pyridine rings is 1. The van der Waals surface area contributed by atoms with Crippen molar-refractivity contribution in [2.45, 2.75) is 25.4 Å². The maximum atomic E-state index is 14.0. The van der Waals surface area contributed by atoms with Gasteiger partial charge in [-0.15, -0.1) is 0 Å². The largest absolute Gasteiger partial charge is 0.416 e. The van der Waals surface area contributed by atoms with Crippen LogP contribution in [0.1, 0.15) is 24.0 Å². The Bertz CT molecular complexity index is 759. The van der Waals surface area contributed by atoms with Gasteiger partial charge < -0.3 is 4.90 Å². The summed E-state index contributed by atoms with van der Waals surface area (Å²) in [6.07, 6.45) is 2.30. The highest BCUT2D eigenvalue weighted by molar-refractivity contribution is 5.53. The van der Waals surface area contributed by atoms with E-state index in [1.807, 2.05) is 17.2 Å². The van der Waals surface area contributed by atoms with Crippen molar-refractivity contribution < 1.29 is 17.6 Å². The van der Waals surface area contributed by atoms with Crippen LogP contribution in [0.15, 0.2) is 42.7 Å². The number of anilines is 1. The molecule has 2 fully saturated rings. The first-order valence-electron chi connectivity index (χ1n) is 8.35. The van der Waals surface area contributed by atoms with Gasteiger partial charge in [-0.3, -0.25) is 4.98 Å². The minimum atomic E-state index is -4.51. The number of rotatable bonds is 3. The van der Waals surface area contributed by atoms with Crippen molar-refractivity contribution in [3.63, 3.8) is 0 Å². The van der Waals surface area contributed by atoms with E-state index >= 15 is 0 Å². The van der Waals surface area contributed by atoms with Crippen LogP contribution in [0.4, 0.5) is 23.2 Å². The molecule has 2 heterocycles. The second kappa shape index (κ2) is 5.71. The molecule has 1 saturated heterocycles. The highest BCUT2D eigenvalue weighted by atomic mass is 19.4. The Morgan fingerprint density at radius 1 is 1.16 bits per heavy atom. The van der Waals surface area contributed by atoms with Gasteiger partial charge >= 0.3 is 6.18 Å². The van der Waals surface area contributed by atoms with E-state index < -0.39 is 17.6 Å². The van der Waals surface area contributed by atoms with E-state index in [1.54, 1.807) is 6.20 Å². The highest BCUT2D eigenvalue weighted by Crippen LogP contribution is 2.54. The second-order valence-corrected chi connectivity index (χ2v) is 7.36. The van der Waals surface area contributed by atoms with Crippen LogP contribution < -0.4 is 4.90 Å². The van der Waals surface area contributed by atoms with Gasteiger partial charge in [-0.2, -0.15) is 13.2 Å². The Labute approximate surface area is 143 Å². The fraction of sp³-hybridized carbons (Fsp3) is 0.421. The van der Waals surface area contributed by atoms with Crippen molar-refractivity contribution in [3.8, 4) is 0 Å². The van der Waals surface area contributed by atoms with E-state index in [-0.39, 0.29) is 11.1 Å². The number of hydrogen-bond donors (Lipinski definition) is 0. The van der Waals surface area contributed by atoms with Gasteiger partial charge in [-0.1, -0.05) is 6.07 Å². The first-order chi connectivity index (χ1) is 11.8. The van der Waals surface area contributed by atoms with E-state index in [4.69, 9.17) is 0 Å². The molecular weight excluding hydrogens is 332 g/mol. The molecule has 0 N–H and O–H groups in total. The van der Waals surface area contributed by atoms with Crippen LogP contribution >= 0.6 is 0 Å². The van der Waals surface area contributed by atoms with Gasteiger partial charge in [-0.05, 0) is 55.0 Å². The standard InChI is InChI=1S/C19H18F4N2/c20-16-7-15(19(21,22)23)3-4-17(16)25-11-18(12-25)8-14(9-18)6-13-2-1-5-24-10-13/h1-5,7,10,14H,6,8-9,11-12H2. The first kappa shape index (κ1) is 16.4. The minimum Gasteiger partial charge on any atom is -0.368 e. The van der Waals surface area contributed by atoms with Crippen molar-refractivity contribution in [2.24, 2.45) is 11.3 Å². The summed E-state index contributed by atoms with van der Waals surface area (Å²) in [5.74, 6) is -0.181. The summed E-state index contributed by atoms with van der Waals surface area (Å²) in [5.41, 5.74) is 0.771. The Morgan fingerprint density at radius 3 is 2.52 bits per heavy atom. The molecule has 25 heavy (non-hydrogen) atoms. The fourth-order valence-electron chi connectivity index (χ4n) is 4.29. The second-order valence-electron chi connectivity index (χ2n) is 7.36. The van der Waals surface area contributed by atoms with Gasteiger partial charge in [0.25, 0.3) is 0 Å². The number of nitrogens with zero attached hydrogens (tertiary/aromatic N) is 2. The zero-order valence-corrected chi connectivity index (χ0v) is 13.6. The lowest BCUT2D eigenvalue weighted by atomic mass is 9.56. The zero-order valence-electron chi connectivity index (χ0n) is 13.6. The van der Waals surface area contributed by atoms with Gasteiger partial charge in [0.05, 0.1) is 11.3 Å². The lowest BCUT2D eigenvalue weighted by molar-refractivity contribution is -0.137. The topological polar surface area (TPSA) is 16.1 Å². The van der Waals surface area contributed by atoms with Crippen LogP contribution in [0.25, 0.3) is 0 Å². The van der Waals surface area contributed by atoms with Gasteiger partial charge in [0.15, 0.2) is 0 Å². The predicted octanol–water partition coefficient (Wildman–Crippen LogP) is 4.70. The molecule has 4 rings (SSSR count). The summed E-state index contributed by atoms with van der Waals surface area (Å²) in [6, 6.07) is 6.80. The highest BCUT2D eigenvalue weighted by Gasteiger charge is 2.52. The molecule has 2 aliphatic rings. The van der Waals surface area contributed by atoms with E-state index in [2.05, 4.69) is 11.1 Å². The number of halogens is 4. The molecule has 1 aromatic carbocycles. The van der Waals surface area contributed by atoms with Crippen LogP contribution in [0, 0.1) is 17.2 Å². The summed E-state index contributed by atoms with van der Waals surface area (Å²) in [6.45, 7) is 1.44. The normalized spacial score (nSPS) is 19.6. The molecule has 2 aromatic rings. The van der Waals surface area contributed by atoms with Crippen LogP contribution in [0.2, 0.25) is 0 Å². The Morgan fingerprint density at radius 2 is 1.92 bits per heavy atom. The van der Waals surface area contributed by atoms with Crippen molar-refractivity contribution >= 4 is 5.69 Å². The molecular formula is C19H18F4N2. The van der Waals surface area contributed by atoms with Gasteiger partial charge in [0, 0.05) is 30.9 Å². The SMILES string of the molecule is Fc1cc(C(F)(F)F)ccc1N1CC2(CC(Cc3cccnc3)C2)C1. The molecule has 0 atom stereocenters. The van der Waals surface area contributed by atoms with E-state index in [0.717, 1.165) is 38.4 Å². The number of benzene rings is 1. The summed E-state index contributed by atoms with van der Waals surface area (Å²) in [5, 5.41) is 0. The van der Waals surface area contributed by atoms with Crippen molar-refractivity contribution in [1.29, 1.82) is 0 Å². The Kier molecular flexibility index (Phi) is 3.74. The van der Waals surface area contributed by atoms with Gasteiger partial charge in [-0.25, -0.2) is 4.39 Å². The molecule has 1 saturated carbocycles. The maximum absolute atomic E-state index is 14.0. The summed E-state index contributed by atoms with van der Waals surface area (Å²) in [7, 11) is 0. The zero-order chi connectivity index (χ0) is 17.7. The Hall–Kier alpha value is -2.11. The third-order valence-electron chi connectivity index (χ3n) is 5.36. The van der Waals surface area contributed by atoms with Gasteiger partial charge in [0.1, 0.15) is 5.82 Å². The number of aromatic nitrogens is 1. The molecule has 2 nitrogen and oxygen atoms in total. The average molecular weight is 350 g/mol. The molecule has 0 radical (unpaired) electrons. The molecule has 0 unspecified atom stereocenters. The van der Waals surface area contributed by atoms with Crippen LogP contribution in [0.5, 0.6) is 0 Å². The molecule has 1 aromatic heterocycles. The third-order valence-corrected chi connectivity index (χ3v) is 5.36. The molecule has 0 amide bonds. The van der Waals surface area contributed by atoms with E-state index in [0.29, 0.717) is 12.0 Å².